The maximum absolute atomic E-state index is 7.87. The van der Waals surface area contributed by atoms with Crippen LogP contribution in [0.25, 0.3) is 0 Å². The highest BCUT2D eigenvalue weighted by Gasteiger charge is 2.19. The van der Waals surface area contributed by atoms with Crippen LogP contribution >= 0.6 is 23.2 Å². The van der Waals surface area contributed by atoms with Gasteiger partial charge in [-0.1, -0.05) is 29.3 Å². The van der Waals surface area contributed by atoms with E-state index in [0.29, 0.717) is 15.9 Å². The molecule has 0 amide bonds. The third-order valence-corrected chi connectivity index (χ3v) is 3.40. The van der Waals surface area contributed by atoms with Crippen molar-refractivity contribution in [3.8, 4) is 0 Å². The number of hydrogen-bond donors (Lipinski definition) is 1. The van der Waals surface area contributed by atoms with Gasteiger partial charge in [-0.2, -0.15) is 0 Å². The molecular formula is C11H12Cl2N2. The Morgan fingerprint density at radius 1 is 1.20 bits per heavy atom. The first kappa shape index (κ1) is 10.8. The number of halogens is 2. The van der Waals surface area contributed by atoms with E-state index in [1.54, 1.807) is 6.07 Å². The highest BCUT2D eigenvalue weighted by atomic mass is 35.5. The smallest absolute Gasteiger partial charge is 0.100 e. The van der Waals surface area contributed by atoms with Gasteiger partial charge < -0.3 is 4.90 Å². The lowest BCUT2D eigenvalue weighted by Gasteiger charge is -2.30. The Morgan fingerprint density at radius 2 is 2.00 bits per heavy atom. The van der Waals surface area contributed by atoms with Gasteiger partial charge in [-0.25, -0.2) is 0 Å². The molecule has 1 saturated heterocycles. The van der Waals surface area contributed by atoms with Crippen LogP contribution in [0.15, 0.2) is 18.2 Å². The van der Waals surface area contributed by atoms with Crippen molar-refractivity contribution in [2.24, 2.45) is 0 Å². The summed E-state index contributed by atoms with van der Waals surface area (Å²) in [4.78, 5) is 1.94. The second kappa shape index (κ2) is 4.42. The lowest BCUT2D eigenvalue weighted by Crippen LogP contribution is -2.34. The molecule has 0 atom stereocenters. The Kier molecular flexibility index (Phi) is 3.17. The minimum absolute atomic E-state index is 0.547. The molecule has 0 unspecified atom stereocenters. The zero-order valence-corrected chi connectivity index (χ0v) is 9.78. The SMILES string of the molecule is N=C1CCCCN1c1cccc(Cl)c1Cl. The summed E-state index contributed by atoms with van der Waals surface area (Å²) in [5.41, 5.74) is 0.855. The van der Waals surface area contributed by atoms with Gasteiger partial charge in [0.1, 0.15) is 5.84 Å². The van der Waals surface area contributed by atoms with Gasteiger partial charge in [0, 0.05) is 13.0 Å². The number of amidine groups is 1. The number of rotatable bonds is 1. The molecule has 1 aliphatic rings. The molecule has 1 aromatic rings. The Bertz CT molecular complexity index is 390. The molecule has 15 heavy (non-hydrogen) atoms. The number of anilines is 1. The molecular weight excluding hydrogens is 231 g/mol. The van der Waals surface area contributed by atoms with Gasteiger partial charge in [0.15, 0.2) is 0 Å². The van der Waals surface area contributed by atoms with E-state index >= 15 is 0 Å². The van der Waals surface area contributed by atoms with Crippen LogP contribution in [0.3, 0.4) is 0 Å². The maximum atomic E-state index is 7.87. The fourth-order valence-corrected chi connectivity index (χ4v) is 2.20. The lowest BCUT2D eigenvalue weighted by atomic mass is 10.1. The fourth-order valence-electron chi connectivity index (χ4n) is 1.80. The van der Waals surface area contributed by atoms with Crippen LogP contribution in [0.1, 0.15) is 19.3 Å². The zero-order chi connectivity index (χ0) is 10.8. The summed E-state index contributed by atoms with van der Waals surface area (Å²) in [7, 11) is 0. The van der Waals surface area contributed by atoms with Crippen molar-refractivity contribution in [1.29, 1.82) is 5.41 Å². The van der Waals surface area contributed by atoms with Crippen LogP contribution in [-0.4, -0.2) is 12.4 Å². The Balaban J connectivity index is 2.35. The molecule has 2 rings (SSSR count). The van der Waals surface area contributed by atoms with Crippen LogP contribution in [-0.2, 0) is 0 Å². The maximum Gasteiger partial charge on any atom is 0.100 e. The second-order valence-electron chi connectivity index (χ2n) is 3.63. The highest BCUT2D eigenvalue weighted by Crippen LogP contribution is 2.34. The third kappa shape index (κ3) is 2.11. The van der Waals surface area contributed by atoms with Gasteiger partial charge in [0.25, 0.3) is 0 Å². The normalized spacial score (nSPS) is 16.9. The molecule has 0 saturated carbocycles. The first-order valence-corrected chi connectivity index (χ1v) is 5.74. The van der Waals surface area contributed by atoms with E-state index in [1.165, 1.54) is 0 Å². The van der Waals surface area contributed by atoms with Crippen LogP contribution in [0.5, 0.6) is 0 Å². The van der Waals surface area contributed by atoms with Gasteiger partial charge in [0.05, 0.1) is 15.7 Å². The molecule has 80 valence electrons. The zero-order valence-electron chi connectivity index (χ0n) is 8.26. The molecule has 1 aliphatic heterocycles. The minimum Gasteiger partial charge on any atom is -0.329 e. The summed E-state index contributed by atoms with van der Waals surface area (Å²) in [6, 6.07) is 5.54. The number of nitrogens with one attached hydrogen (secondary N) is 1. The summed E-state index contributed by atoms with van der Waals surface area (Å²) in [5, 5.41) is 8.97. The quantitative estimate of drug-likeness (QED) is 0.794. The fraction of sp³-hybridized carbons (Fsp3) is 0.364. The molecule has 2 nitrogen and oxygen atoms in total. The molecule has 0 aromatic heterocycles. The van der Waals surface area contributed by atoms with Gasteiger partial charge in [-0.15, -0.1) is 0 Å². The van der Waals surface area contributed by atoms with Crippen molar-refractivity contribution in [1.82, 2.24) is 0 Å². The van der Waals surface area contributed by atoms with Gasteiger partial charge >= 0.3 is 0 Å². The van der Waals surface area contributed by atoms with E-state index in [0.717, 1.165) is 31.5 Å². The minimum atomic E-state index is 0.547. The van der Waals surface area contributed by atoms with Gasteiger partial charge in [0.2, 0.25) is 0 Å². The Labute approximate surface area is 99.3 Å². The molecule has 1 fully saturated rings. The van der Waals surface area contributed by atoms with Gasteiger partial charge in [-0.05, 0) is 25.0 Å². The van der Waals surface area contributed by atoms with Crippen LogP contribution in [0, 0.1) is 5.41 Å². The van der Waals surface area contributed by atoms with E-state index in [1.807, 2.05) is 17.0 Å². The van der Waals surface area contributed by atoms with Crippen molar-refractivity contribution in [2.75, 3.05) is 11.4 Å². The topological polar surface area (TPSA) is 27.1 Å². The molecule has 1 aromatic carbocycles. The average molecular weight is 243 g/mol. The predicted molar refractivity (Wildman–Crippen MR) is 65.4 cm³/mol. The molecule has 0 aliphatic carbocycles. The monoisotopic (exact) mass is 242 g/mol. The van der Waals surface area contributed by atoms with Crippen LogP contribution in [0.4, 0.5) is 5.69 Å². The third-order valence-electron chi connectivity index (χ3n) is 2.59. The number of piperidine rings is 1. The Hall–Kier alpha value is -0.730. The van der Waals surface area contributed by atoms with E-state index < -0.39 is 0 Å². The summed E-state index contributed by atoms with van der Waals surface area (Å²) < 4.78 is 0. The van der Waals surface area contributed by atoms with Crippen molar-refractivity contribution in [3.05, 3.63) is 28.2 Å². The van der Waals surface area contributed by atoms with E-state index in [9.17, 15) is 0 Å². The van der Waals surface area contributed by atoms with E-state index in [4.69, 9.17) is 28.6 Å². The molecule has 4 heteroatoms. The van der Waals surface area contributed by atoms with E-state index in [2.05, 4.69) is 0 Å². The first-order valence-electron chi connectivity index (χ1n) is 4.99. The van der Waals surface area contributed by atoms with Crippen molar-refractivity contribution >= 4 is 34.7 Å². The largest absolute Gasteiger partial charge is 0.329 e. The predicted octanol–water partition coefficient (Wildman–Crippen LogP) is 3.96. The summed E-state index contributed by atoms with van der Waals surface area (Å²) >= 11 is 12.1. The summed E-state index contributed by atoms with van der Waals surface area (Å²) in [5.74, 6) is 0.630. The molecule has 1 N–H and O–H groups in total. The summed E-state index contributed by atoms with van der Waals surface area (Å²) in [6.45, 7) is 0.860. The number of hydrogen-bond acceptors (Lipinski definition) is 1. The van der Waals surface area contributed by atoms with Crippen LogP contribution in [0.2, 0.25) is 10.0 Å². The first-order chi connectivity index (χ1) is 7.20. The van der Waals surface area contributed by atoms with Crippen molar-refractivity contribution < 1.29 is 0 Å². The average Bonchev–Trinajstić information content (AvgIpc) is 2.23. The van der Waals surface area contributed by atoms with Crippen molar-refractivity contribution in [2.45, 2.75) is 19.3 Å². The van der Waals surface area contributed by atoms with E-state index in [-0.39, 0.29) is 0 Å². The lowest BCUT2D eigenvalue weighted by molar-refractivity contribution is 0.707. The Morgan fingerprint density at radius 3 is 2.73 bits per heavy atom. The molecule has 0 spiro atoms. The number of nitrogens with zero attached hydrogens (tertiary/aromatic N) is 1. The van der Waals surface area contributed by atoms with Crippen LogP contribution < -0.4 is 4.90 Å². The molecule has 0 radical (unpaired) electrons. The number of benzene rings is 1. The standard InChI is InChI=1S/C11H12Cl2N2/c12-8-4-3-5-9(11(8)13)15-7-2-1-6-10(15)14/h3-5,14H,1-2,6-7H2. The highest BCUT2D eigenvalue weighted by molar-refractivity contribution is 6.44. The van der Waals surface area contributed by atoms with Crippen molar-refractivity contribution in [3.63, 3.8) is 0 Å². The molecule has 0 bridgehead atoms. The summed E-state index contributed by atoms with van der Waals surface area (Å²) in [6.07, 6.45) is 3.02. The van der Waals surface area contributed by atoms with Gasteiger partial charge in [-0.3, -0.25) is 5.41 Å². The second-order valence-corrected chi connectivity index (χ2v) is 4.41. The molecule has 1 heterocycles.